The van der Waals surface area contributed by atoms with Gasteiger partial charge in [0.15, 0.2) is 0 Å². The summed E-state index contributed by atoms with van der Waals surface area (Å²) in [5, 5.41) is 2.91. The van der Waals surface area contributed by atoms with Crippen LogP contribution in [0, 0.1) is 23.6 Å². The molecule has 2 aliphatic rings. The van der Waals surface area contributed by atoms with Crippen LogP contribution in [0.4, 0.5) is 4.39 Å². The van der Waals surface area contributed by atoms with Gasteiger partial charge >= 0.3 is 0 Å². The van der Waals surface area contributed by atoms with Crippen LogP contribution in [0.2, 0.25) is 5.15 Å². The molecule has 0 aliphatic heterocycles. The first-order valence-corrected chi connectivity index (χ1v) is 7.10. The summed E-state index contributed by atoms with van der Waals surface area (Å²) in [7, 11) is 0. The fourth-order valence-corrected chi connectivity index (χ4v) is 3.72. The van der Waals surface area contributed by atoms with Crippen molar-refractivity contribution in [3.05, 3.63) is 28.8 Å². The Hall–Kier alpha value is -1.16. The second-order valence-corrected chi connectivity index (χ2v) is 5.99. The topological polar surface area (TPSA) is 42.0 Å². The van der Waals surface area contributed by atoms with Gasteiger partial charge in [0.05, 0.1) is 11.8 Å². The number of hydrogen-bond acceptors (Lipinski definition) is 2. The van der Waals surface area contributed by atoms with Crippen molar-refractivity contribution in [1.82, 2.24) is 10.3 Å². The molecule has 0 spiro atoms. The Morgan fingerprint density at radius 1 is 1.47 bits per heavy atom. The summed E-state index contributed by atoms with van der Waals surface area (Å²) in [6.07, 6.45) is 6.15. The summed E-state index contributed by atoms with van der Waals surface area (Å²) < 4.78 is 13.1. The molecule has 1 N–H and O–H groups in total. The van der Waals surface area contributed by atoms with Gasteiger partial charge < -0.3 is 5.32 Å². The summed E-state index contributed by atoms with van der Waals surface area (Å²) >= 11 is 5.81. The average Bonchev–Trinajstić information content (AvgIpc) is 3.01. The number of halogens is 2. The Morgan fingerprint density at radius 3 is 3.00 bits per heavy atom. The standard InChI is InChI=1S/C14H16ClFN2O/c15-13-12(5-11(16)7-17-13)14(19)18-6-10-4-8-1-2-9(10)3-8/h5,7-10H,1-4,6H2,(H,18,19). The van der Waals surface area contributed by atoms with Crippen molar-refractivity contribution < 1.29 is 9.18 Å². The zero-order valence-electron chi connectivity index (χ0n) is 10.5. The molecule has 1 aromatic rings. The first-order valence-electron chi connectivity index (χ1n) is 6.72. The smallest absolute Gasteiger partial charge is 0.254 e. The van der Waals surface area contributed by atoms with E-state index < -0.39 is 5.82 Å². The molecule has 1 amide bonds. The molecule has 3 atom stereocenters. The Morgan fingerprint density at radius 2 is 2.32 bits per heavy atom. The van der Waals surface area contributed by atoms with Gasteiger partial charge in [-0.15, -0.1) is 0 Å². The maximum Gasteiger partial charge on any atom is 0.254 e. The molecule has 5 heteroatoms. The second-order valence-electron chi connectivity index (χ2n) is 5.64. The third-order valence-electron chi connectivity index (χ3n) is 4.46. The van der Waals surface area contributed by atoms with E-state index in [0.717, 1.165) is 24.1 Å². The van der Waals surface area contributed by atoms with E-state index in [9.17, 15) is 9.18 Å². The van der Waals surface area contributed by atoms with Crippen LogP contribution in [0.5, 0.6) is 0 Å². The number of carbonyl (C=O) groups is 1. The van der Waals surface area contributed by atoms with Crippen molar-refractivity contribution in [2.45, 2.75) is 25.7 Å². The minimum absolute atomic E-state index is 0.0480. The van der Waals surface area contributed by atoms with Gasteiger partial charge in [0, 0.05) is 6.54 Å². The van der Waals surface area contributed by atoms with Crippen molar-refractivity contribution >= 4 is 17.5 Å². The minimum atomic E-state index is -0.547. The molecule has 0 saturated heterocycles. The molecule has 1 aromatic heterocycles. The molecule has 19 heavy (non-hydrogen) atoms. The summed E-state index contributed by atoms with van der Waals surface area (Å²) in [4.78, 5) is 15.6. The van der Waals surface area contributed by atoms with Crippen LogP contribution in [-0.4, -0.2) is 17.4 Å². The Kier molecular flexibility index (Phi) is 3.44. The van der Waals surface area contributed by atoms with E-state index in [2.05, 4.69) is 10.3 Å². The molecule has 2 bridgehead atoms. The van der Waals surface area contributed by atoms with Gasteiger partial charge in [0.1, 0.15) is 11.0 Å². The van der Waals surface area contributed by atoms with E-state index in [0.29, 0.717) is 12.5 Å². The molecule has 0 aromatic carbocycles. The van der Waals surface area contributed by atoms with Gasteiger partial charge in [-0.3, -0.25) is 4.79 Å². The van der Waals surface area contributed by atoms with Gasteiger partial charge in [-0.25, -0.2) is 9.37 Å². The number of nitrogens with zero attached hydrogens (tertiary/aromatic N) is 1. The lowest BCUT2D eigenvalue weighted by molar-refractivity contribution is 0.0941. The maximum absolute atomic E-state index is 13.1. The third-order valence-corrected chi connectivity index (χ3v) is 4.76. The van der Waals surface area contributed by atoms with Crippen molar-refractivity contribution in [2.24, 2.45) is 17.8 Å². The highest BCUT2D eigenvalue weighted by molar-refractivity contribution is 6.32. The number of aromatic nitrogens is 1. The van der Waals surface area contributed by atoms with Gasteiger partial charge in [-0.2, -0.15) is 0 Å². The number of nitrogens with one attached hydrogen (secondary N) is 1. The van der Waals surface area contributed by atoms with E-state index in [4.69, 9.17) is 11.6 Å². The highest BCUT2D eigenvalue weighted by atomic mass is 35.5. The predicted molar refractivity (Wildman–Crippen MR) is 70.5 cm³/mol. The third kappa shape index (κ3) is 2.59. The van der Waals surface area contributed by atoms with Crippen molar-refractivity contribution in [1.29, 1.82) is 0 Å². The molecule has 3 nitrogen and oxygen atoms in total. The molecule has 1 heterocycles. The normalized spacial score (nSPS) is 28.6. The SMILES string of the molecule is O=C(NCC1CC2CCC1C2)c1cc(F)cnc1Cl. The van der Waals surface area contributed by atoms with Gasteiger partial charge in [-0.05, 0) is 43.1 Å². The zero-order chi connectivity index (χ0) is 13.4. The van der Waals surface area contributed by atoms with Crippen LogP contribution in [0.1, 0.15) is 36.0 Å². The first-order chi connectivity index (χ1) is 9.13. The molecule has 2 fully saturated rings. The molecular weight excluding hydrogens is 267 g/mol. The van der Waals surface area contributed by atoms with E-state index in [-0.39, 0.29) is 16.6 Å². The largest absolute Gasteiger partial charge is 0.352 e. The van der Waals surface area contributed by atoms with Crippen LogP contribution in [0.25, 0.3) is 0 Å². The Labute approximate surface area is 116 Å². The van der Waals surface area contributed by atoms with Crippen molar-refractivity contribution in [3.8, 4) is 0 Å². The van der Waals surface area contributed by atoms with Gasteiger partial charge in [-0.1, -0.05) is 18.0 Å². The number of hydrogen-bond donors (Lipinski definition) is 1. The lowest BCUT2D eigenvalue weighted by Crippen LogP contribution is -2.31. The fourth-order valence-electron chi connectivity index (χ4n) is 3.53. The van der Waals surface area contributed by atoms with Crippen LogP contribution in [0.3, 0.4) is 0 Å². The van der Waals surface area contributed by atoms with Gasteiger partial charge in [0.2, 0.25) is 0 Å². The maximum atomic E-state index is 13.1. The summed E-state index contributed by atoms with van der Waals surface area (Å²) in [6, 6.07) is 1.13. The molecule has 3 rings (SSSR count). The average molecular weight is 283 g/mol. The Balaban J connectivity index is 1.61. The fraction of sp³-hybridized carbons (Fsp3) is 0.571. The highest BCUT2D eigenvalue weighted by Gasteiger charge is 2.39. The van der Waals surface area contributed by atoms with E-state index >= 15 is 0 Å². The van der Waals surface area contributed by atoms with E-state index in [1.54, 1.807) is 0 Å². The number of pyridine rings is 1. The summed E-state index contributed by atoms with van der Waals surface area (Å²) in [5.41, 5.74) is 0.116. The minimum Gasteiger partial charge on any atom is -0.352 e. The molecule has 2 saturated carbocycles. The molecular formula is C14H16ClFN2O. The number of amides is 1. The van der Waals surface area contributed by atoms with Crippen LogP contribution in [0.15, 0.2) is 12.3 Å². The predicted octanol–water partition coefficient (Wildman–Crippen LogP) is 3.04. The summed E-state index contributed by atoms with van der Waals surface area (Å²) in [6.45, 7) is 0.660. The van der Waals surface area contributed by atoms with Crippen molar-refractivity contribution in [2.75, 3.05) is 6.54 Å². The molecule has 0 radical (unpaired) electrons. The van der Waals surface area contributed by atoms with Crippen molar-refractivity contribution in [3.63, 3.8) is 0 Å². The first kappa shape index (κ1) is 12.9. The number of rotatable bonds is 3. The quantitative estimate of drug-likeness (QED) is 0.866. The number of fused-ring (bicyclic) bond motifs is 2. The monoisotopic (exact) mass is 282 g/mol. The van der Waals surface area contributed by atoms with Crippen LogP contribution < -0.4 is 5.32 Å². The second kappa shape index (κ2) is 5.08. The zero-order valence-corrected chi connectivity index (χ0v) is 11.3. The van der Waals surface area contributed by atoms with Gasteiger partial charge in [0.25, 0.3) is 5.91 Å². The number of carbonyl (C=O) groups excluding carboxylic acids is 1. The van der Waals surface area contributed by atoms with Crippen LogP contribution in [-0.2, 0) is 0 Å². The lowest BCUT2D eigenvalue weighted by atomic mass is 9.89. The Bertz CT molecular complexity index is 508. The van der Waals surface area contributed by atoms with Crippen LogP contribution >= 0.6 is 11.6 Å². The molecule has 3 unspecified atom stereocenters. The molecule has 2 aliphatic carbocycles. The van der Waals surface area contributed by atoms with E-state index in [1.807, 2.05) is 0 Å². The molecule has 102 valence electrons. The summed E-state index contributed by atoms with van der Waals surface area (Å²) in [5.74, 6) is 1.30. The lowest BCUT2D eigenvalue weighted by Gasteiger charge is -2.21. The highest BCUT2D eigenvalue weighted by Crippen LogP contribution is 2.47. The van der Waals surface area contributed by atoms with E-state index in [1.165, 1.54) is 25.7 Å².